The zero-order chi connectivity index (χ0) is 8.10. The van der Waals surface area contributed by atoms with Crippen LogP contribution in [0.2, 0.25) is 0 Å². The van der Waals surface area contributed by atoms with E-state index in [1.807, 2.05) is 12.3 Å². The SMILES string of the molecule is CC(CCn1cccn1)=NO. The lowest BCUT2D eigenvalue weighted by Gasteiger charge is -1.98. The van der Waals surface area contributed by atoms with Crippen LogP contribution in [0.1, 0.15) is 13.3 Å². The van der Waals surface area contributed by atoms with Crippen LogP contribution in [0.25, 0.3) is 0 Å². The van der Waals surface area contributed by atoms with Crippen molar-refractivity contribution in [1.29, 1.82) is 0 Å². The minimum absolute atomic E-state index is 0.723. The highest BCUT2D eigenvalue weighted by atomic mass is 16.4. The molecule has 0 unspecified atom stereocenters. The second kappa shape index (κ2) is 3.75. The van der Waals surface area contributed by atoms with Gasteiger partial charge in [-0.3, -0.25) is 4.68 Å². The molecule has 1 aromatic rings. The van der Waals surface area contributed by atoms with E-state index < -0.39 is 0 Å². The van der Waals surface area contributed by atoms with E-state index in [1.54, 1.807) is 17.8 Å². The molecular formula is C7H11N3O. The summed E-state index contributed by atoms with van der Waals surface area (Å²) >= 11 is 0. The molecule has 1 rings (SSSR count). The van der Waals surface area contributed by atoms with Crippen molar-refractivity contribution in [3.8, 4) is 0 Å². The van der Waals surface area contributed by atoms with Gasteiger partial charge >= 0.3 is 0 Å². The maximum Gasteiger partial charge on any atom is 0.0558 e. The molecule has 0 saturated heterocycles. The highest BCUT2D eigenvalue weighted by Crippen LogP contribution is 1.91. The fourth-order valence-electron chi connectivity index (χ4n) is 0.759. The largest absolute Gasteiger partial charge is 0.411 e. The van der Waals surface area contributed by atoms with Gasteiger partial charge in [-0.25, -0.2) is 0 Å². The summed E-state index contributed by atoms with van der Waals surface area (Å²) in [5.74, 6) is 0. The minimum Gasteiger partial charge on any atom is -0.411 e. The molecule has 1 N–H and O–H groups in total. The third-order valence-corrected chi connectivity index (χ3v) is 1.43. The van der Waals surface area contributed by atoms with Gasteiger partial charge < -0.3 is 5.21 Å². The zero-order valence-corrected chi connectivity index (χ0v) is 6.44. The summed E-state index contributed by atoms with van der Waals surface area (Å²) in [5, 5.41) is 15.4. The van der Waals surface area contributed by atoms with E-state index >= 15 is 0 Å². The molecular weight excluding hydrogens is 142 g/mol. The van der Waals surface area contributed by atoms with E-state index in [-0.39, 0.29) is 0 Å². The molecule has 4 heteroatoms. The van der Waals surface area contributed by atoms with E-state index in [2.05, 4.69) is 10.3 Å². The Hall–Kier alpha value is -1.32. The molecule has 0 bridgehead atoms. The van der Waals surface area contributed by atoms with Crippen LogP contribution in [0.5, 0.6) is 0 Å². The fourth-order valence-corrected chi connectivity index (χ4v) is 0.759. The highest BCUT2D eigenvalue weighted by molar-refractivity contribution is 5.81. The topological polar surface area (TPSA) is 50.4 Å². The van der Waals surface area contributed by atoms with Crippen molar-refractivity contribution in [3.63, 3.8) is 0 Å². The zero-order valence-electron chi connectivity index (χ0n) is 6.44. The molecule has 0 aliphatic heterocycles. The number of aryl methyl sites for hydroxylation is 1. The Morgan fingerprint density at radius 2 is 2.55 bits per heavy atom. The van der Waals surface area contributed by atoms with E-state index in [0.717, 1.165) is 18.7 Å². The Balaban J connectivity index is 2.35. The Morgan fingerprint density at radius 3 is 3.09 bits per heavy atom. The van der Waals surface area contributed by atoms with Gasteiger partial charge in [0.2, 0.25) is 0 Å². The summed E-state index contributed by atoms with van der Waals surface area (Å²) in [7, 11) is 0. The predicted octanol–water partition coefficient (Wildman–Crippen LogP) is 1.12. The average molecular weight is 153 g/mol. The number of oxime groups is 1. The summed E-state index contributed by atoms with van der Waals surface area (Å²) in [6.07, 6.45) is 4.34. The summed E-state index contributed by atoms with van der Waals surface area (Å²) in [6.45, 7) is 2.55. The Morgan fingerprint density at radius 1 is 1.73 bits per heavy atom. The molecule has 60 valence electrons. The second-order valence-corrected chi connectivity index (χ2v) is 2.35. The lowest BCUT2D eigenvalue weighted by molar-refractivity contribution is 0.316. The molecule has 1 heterocycles. The smallest absolute Gasteiger partial charge is 0.0558 e. The maximum atomic E-state index is 8.32. The van der Waals surface area contributed by atoms with E-state index in [9.17, 15) is 0 Å². The van der Waals surface area contributed by atoms with Crippen molar-refractivity contribution >= 4 is 5.71 Å². The summed E-state index contributed by atoms with van der Waals surface area (Å²) in [5.41, 5.74) is 0.723. The minimum atomic E-state index is 0.723. The predicted molar refractivity (Wildman–Crippen MR) is 41.7 cm³/mol. The normalized spacial score (nSPS) is 11.9. The first-order valence-corrected chi connectivity index (χ1v) is 3.48. The maximum absolute atomic E-state index is 8.32. The van der Waals surface area contributed by atoms with Crippen LogP contribution in [0.15, 0.2) is 23.6 Å². The molecule has 0 amide bonds. The molecule has 0 atom stereocenters. The molecule has 1 aromatic heterocycles. The van der Waals surface area contributed by atoms with Gasteiger partial charge in [-0.1, -0.05) is 5.16 Å². The van der Waals surface area contributed by atoms with Crippen molar-refractivity contribution in [2.24, 2.45) is 5.16 Å². The molecule has 11 heavy (non-hydrogen) atoms. The third kappa shape index (κ3) is 2.41. The average Bonchev–Trinajstić information content (AvgIpc) is 2.52. The summed E-state index contributed by atoms with van der Waals surface area (Å²) in [4.78, 5) is 0. The monoisotopic (exact) mass is 153 g/mol. The van der Waals surface area contributed by atoms with E-state index in [1.165, 1.54) is 0 Å². The molecule has 4 nitrogen and oxygen atoms in total. The van der Waals surface area contributed by atoms with Crippen LogP contribution >= 0.6 is 0 Å². The lowest BCUT2D eigenvalue weighted by Crippen LogP contribution is -2.02. The van der Waals surface area contributed by atoms with Gasteiger partial charge in [-0.15, -0.1) is 0 Å². The van der Waals surface area contributed by atoms with E-state index in [4.69, 9.17) is 5.21 Å². The first-order valence-electron chi connectivity index (χ1n) is 3.48. The highest BCUT2D eigenvalue weighted by Gasteiger charge is 1.93. The number of aromatic nitrogens is 2. The molecule has 0 spiro atoms. The molecule has 0 aliphatic rings. The van der Waals surface area contributed by atoms with Crippen LogP contribution < -0.4 is 0 Å². The van der Waals surface area contributed by atoms with Gasteiger partial charge in [0.1, 0.15) is 0 Å². The second-order valence-electron chi connectivity index (χ2n) is 2.35. The first-order chi connectivity index (χ1) is 5.33. The quantitative estimate of drug-likeness (QED) is 0.402. The lowest BCUT2D eigenvalue weighted by atomic mass is 10.3. The van der Waals surface area contributed by atoms with E-state index in [0.29, 0.717) is 0 Å². The molecule has 0 saturated carbocycles. The van der Waals surface area contributed by atoms with Gasteiger partial charge in [-0.2, -0.15) is 5.10 Å². The number of hydrogen-bond acceptors (Lipinski definition) is 3. The van der Waals surface area contributed by atoms with Crippen LogP contribution in [-0.2, 0) is 6.54 Å². The molecule has 0 aromatic carbocycles. The Labute approximate surface area is 65.1 Å². The van der Waals surface area contributed by atoms with Gasteiger partial charge in [0, 0.05) is 25.4 Å². The van der Waals surface area contributed by atoms with Crippen molar-refractivity contribution in [3.05, 3.63) is 18.5 Å². The first kappa shape index (κ1) is 7.78. The number of rotatable bonds is 3. The standard InChI is InChI=1S/C7H11N3O/c1-7(9-11)3-6-10-5-2-4-8-10/h2,4-5,11H,3,6H2,1H3. The molecule has 0 aliphatic carbocycles. The van der Waals surface area contributed by atoms with Crippen molar-refractivity contribution in [2.45, 2.75) is 19.9 Å². The van der Waals surface area contributed by atoms with Gasteiger partial charge in [0.25, 0.3) is 0 Å². The number of nitrogens with zero attached hydrogens (tertiary/aromatic N) is 3. The third-order valence-electron chi connectivity index (χ3n) is 1.43. The van der Waals surface area contributed by atoms with Crippen LogP contribution in [0.4, 0.5) is 0 Å². The summed E-state index contributed by atoms with van der Waals surface area (Å²) in [6, 6.07) is 1.87. The van der Waals surface area contributed by atoms with Crippen LogP contribution in [0, 0.1) is 0 Å². The van der Waals surface area contributed by atoms with Gasteiger partial charge in [0.15, 0.2) is 0 Å². The van der Waals surface area contributed by atoms with Crippen LogP contribution in [0.3, 0.4) is 0 Å². The van der Waals surface area contributed by atoms with Crippen molar-refractivity contribution < 1.29 is 5.21 Å². The van der Waals surface area contributed by atoms with Crippen molar-refractivity contribution in [1.82, 2.24) is 9.78 Å². The van der Waals surface area contributed by atoms with Gasteiger partial charge in [-0.05, 0) is 13.0 Å². The Bertz CT molecular complexity index is 228. The van der Waals surface area contributed by atoms with Gasteiger partial charge in [0.05, 0.1) is 5.71 Å². The summed E-state index contributed by atoms with van der Waals surface area (Å²) < 4.78 is 1.80. The molecule has 0 fully saturated rings. The number of hydrogen-bond donors (Lipinski definition) is 1. The van der Waals surface area contributed by atoms with Crippen molar-refractivity contribution in [2.75, 3.05) is 0 Å². The Kier molecular flexibility index (Phi) is 2.66. The molecule has 0 radical (unpaired) electrons. The fraction of sp³-hybridized carbons (Fsp3) is 0.429. The van der Waals surface area contributed by atoms with Crippen LogP contribution in [-0.4, -0.2) is 20.7 Å².